The number of methoxy groups -OCH3 is 1. The molecule has 0 saturated heterocycles. The van der Waals surface area contributed by atoms with Gasteiger partial charge in [-0.2, -0.15) is 17.5 Å². The maximum Gasteiger partial charge on any atom is 0.416 e. The predicted octanol–water partition coefficient (Wildman–Crippen LogP) is 4.65. The summed E-state index contributed by atoms with van der Waals surface area (Å²) in [5, 5.41) is 2.18. The molecule has 0 bridgehead atoms. The summed E-state index contributed by atoms with van der Waals surface area (Å²) in [4.78, 5) is 12.6. The molecule has 0 atom stereocenters. The first-order valence-corrected chi connectivity index (χ1v) is 10.6. The van der Waals surface area contributed by atoms with Crippen LogP contribution >= 0.6 is 11.6 Å². The third-order valence-corrected chi connectivity index (χ3v) is 6.68. The van der Waals surface area contributed by atoms with E-state index in [1.54, 1.807) is 13.8 Å². The summed E-state index contributed by atoms with van der Waals surface area (Å²) in [5.74, 6) is -0.821. The molecule has 0 unspecified atom stereocenters. The summed E-state index contributed by atoms with van der Waals surface area (Å²) in [5.41, 5.74) is -1.43. The summed E-state index contributed by atoms with van der Waals surface area (Å²) in [7, 11) is -2.59. The zero-order chi connectivity index (χ0) is 22.7. The normalized spacial score (nSPS) is 12.1. The van der Waals surface area contributed by atoms with Crippen molar-refractivity contribution in [2.24, 2.45) is 0 Å². The van der Waals surface area contributed by atoms with E-state index < -0.39 is 27.7 Å². The van der Waals surface area contributed by atoms with Gasteiger partial charge in [-0.3, -0.25) is 4.79 Å². The van der Waals surface area contributed by atoms with E-state index in [2.05, 4.69) is 5.32 Å². The number of halogens is 4. The van der Waals surface area contributed by atoms with Crippen molar-refractivity contribution in [3.05, 3.63) is 52.5 Å². The van der Waals surface area contributed by atoms with Crippen molar-refractivity contribution < 1.29 is 31.1 Å². The lowest BCUT2D eigenvalue weighted by molar-refractivity contribution is -0.137. The first kappa shape index (κ1) is 24.0. The van der Waals surface area contributed by atoms with Crippen molar-refractivity contribution in [1.29, 1.82) is 0 Å². The number of carbonyl (C=O) groups excluding carboxylic acids is 1. The van der Waals surface area contributed by atoms with E-state index in [-0.39, 0.29) is 40.0 Å². The fourth-order valence-corrected chi connectivity index (χ4v) is 4.37. The Balaban J connectivity index is 2.48. The molecule has 2 rings (SSSR count). The second-order valence-corrected chi connectivity index (χ2v) is 8.44. The number of hydrogen-bond donors (Lipinski definition) is 1. The Bertz CT molecular complexity index is 1040. The van der Waals surface area contributed by atoms with Crippen LogP contribution in [0, 0.1) is 0 Å². The quantitative estimate of drug-likeness (QED) is 0.647. The molecule has 2 aromatic rings. The Morgan fingerprint density at radius 3 is 2.30 bits per heavy atom. The highest BCUT2D eigenvalue weighted by molar-refractivity contribution is 7.89. The van der Waals surface area contributed by atoms with E-state index in [1.807, 2.05) is 0 Å². The molecule has 0 aliphatic carbocycles. The minimum Gasteiger partial charge on any atom is -0.496 e. The number of nitrogens with zero attached hydrogens (tertiary/aromatic N) is 1. The van der Waals surface area contributed by atoms with Crippen molar-refractivity contribution in [3.63, 3.8) is 0 Å². The van der Waals surface area contributed by atoms with E-state index in [0.717, 1.165) is 18.2 Å². The molecular weight excluding hydrogens is 445 g/mol. The average molecular weight is 465 g/mol. The van der Waals surface area contributed by atoms with Crippen LogP contribution in [0.25, 0.3) is 0 Å². The molecule has 2 aromatic carbocycles. The lowest BCUT2D eigenvalue weighted by atomic mass is 10.1. The topological polar surface area (TPSA) is 75.7 Å². The van der Waals surface area contributed by atoms with Gasteiger partial charge in [0.05, 0.1) is 33.8 Å². The highest BCUT2D eigenvalue weighted by Gasteiger charge is 2.31. The van der Waals surface area contributed by atoms with Crippen LogP contribution in [0.5, 0.6) is 5.75 Å². The van der Waals surface area contributed by atoms with Gasteiger partial charge in [0, 0.05) is 13.1 Å². The second-order valence-electron chi connectivity index (χ2n) is 6.10. The summed E-state index contributed by atoms with van der Waals surface area (Å²) in [6.45, 7) is 3.81. The van der Waals surface area contributed by atoms with Gasteiger partial charge >= 0.3 is 6.18 Å². The number of ether oxygens (including phenoxy) is 1. The van der Waals surface area contributed by atoms with Crippen molar-refractivity contribution in [2.45, 2.75) is 24.9 Å². The Labute approximate surface area is 177 Å². The van der Waals surface area contributed by atoms with Crippen molar-refractivity contribution in [1.82, 2.24) is 4.31 Å². The molecule has 0 radical (unpaired) electrons. The van der Waals surface area contributed by atoms with E-state index in [1.165, 1.54) is 23.5 Å². The van der Waals surface area contributed by atoms with Crippen molar-refractivity contribution >= 4 is 33.2 Å². The Morgan fingerprint density at radius 2 is 1.77 bits per heavy atom. The van der Waals surface area contributed by atoms with Crippen LogP contribution in [-0.2, 0) is 16.2 Å². The van der Waals surface area contributed by atoms with Gasteiger partial charge in [-0.15, -0.1) is 0 Å². The number of anilines is 1. The first-order valence-electron chi connectivity index (χ1n) is 8.82. The number of rotatable bonds is 7. The lowest BCUT2D eigenvalue weighted by Gasteiger charge is -2.19. The van der Waals surface area contributed by atoms with Gasteiger partial charge in [-0.1, -0.05) is 25.4 Å². The molecule has 0 aliphatic rings. The maximum absolute atomic E-state index is 13.0. The highest BCUT2D eigenvalue weighted by Crippen LogP contribution is 2.34. The fourth-order valence-electron chi connectivity index (χ4n) is 2.72. The molecule has 0 saturated carbocycles. The molecule has 1 N–H and O–H groups in total. The number of hydrogen-bond acceptors (Lipinski definition) is 4. The molecule has 30 heavy (non-hydrogen) atoms. The van der Waals surface area contributed by atoms with Gasteiger partial charge in [0.2, 0.25) is 10.0 Å². The molecule has 1 amide bonds. The number of sulfonamides is 1. The Morgan fingerprint density at radius 1 is 1.13 bits per heavy atom. The molecule has 6 nitrogen and oxygen atoms in total. The highest BCUT2D eigenvalue weighted by atomic mass is 35.5. The minimum absolute atomic E-state index is 0.0501. The fraction of sp³-hybridized carbons (Fsp3) is 0.316. The van der Waals surface area contributed by atoms with Crippen LogP contribution in [-0.4, -0.2) is 38.8 Å². The van der Waals surface area contributed by atoms with Gasteiger partial charge in [-0.25, -0.2) is 8.42 Å². The van der Waals surface area contributed by atoms with Crippen LogP contribution in [0.3, 0.4) is 0 Å². The number of amides is 1. The largest absolute Gasteiger partial charge is 0.496 e. The number of alkyl halides is 3. The summed E-state index contributed by atoms with van der Waals surface area (Å²) < 4.78 is 70.7. The Hall–Kier alpha value is -2.30. The second kappa shape index (κ2) is 9.23. The van der Waals surface area contributed by atoms with Gasteiger partial charge in [0.15, 0.2) is 0 Å². The first-order chi connectivity index (χ1) is 13.9. The van der Waals surface area contributed by atoms with Crippen LogP contribution in [0.4, 0.5) is 18.9 Å². The van der Waals surface area contributed by atoms with Crippen molar-refractivity contribution in [2.75, 3.05) is 25.5 Å². The van der Waals surface area contributed by atoms with E-state index in [0.29, 0.717) is 6.07 Å². The van der Waals surface area contributed by atoms with Crippen LogP contribution < -0.4 is 10.1 Å². The number of carbonyl (C=O) groups is 1. The summed E-state index contributed by atoms with van der Waals surface area (Å²) >= 11 is 5.92. The molecule has 0 spiro atoms. The lowest BCUT2D eigenvalue weighted by Crippen LogP contribution is -2.30. The number of nitrogens with one attached hydrogen (secondary N) is 1. The van der Waals surface area contributed by atoms with E-state index in [4.69, 9.17) is 16.3 Å². The van der Waals surface area contributed by atoms with Crippen molar-refractivity contribution in [3.8, 4) is 5.75 Å². The smallest absolute Gasteiger partial charge is 0.416 e. The molecule has 0 aliphatic heterocycles. The van der Waals surface area contributed by atoms with Gasteiger partial charge in [0.25, 0.3) is 5.91 Å². The molecule has 0 fully saturated rings. The number of benzene rings is 2. The third kappa shape index (κ3) is 5.05. The minimum atomic E-state index is -4.63. The van der Waals surface area contributed by atoms with E-state index >= 15 is 0 Å². The predicted molar refractivity (Wildman–Crippen MR) is 108 cm³/mol. The molecule has 164 valence electrons. The molecule has 0 heterocycles. The summed E-state index contributed by atoms with van der Waals surface area (Å²) in [6, 6.07) is 6.21. The molecule has 11 heteroatoms. The molecule has 0 aromatic heterocycles. The third-order valence-electron chi connectivity index (χ3n) is 4.30. The van der Waals surface area contributed by atoms with Crippen LogP contribution in [0.1, 0.15) is 29.8 Å². The van der Waals surface area contributed by atoms with Gasteiger partial charge in [-0.05, 0) is 36.4 Å². The van der Waals surface area contributed by atoms with E-state index in [9.17, 15) is 26.4 Å². The standard InChI is InChI=1S/C19H20ClF3N2O4S/c1-4-25(5-2)30(27,28)13-7-9-17(29-3)14(11-13)18(26)24-16-10-12(19(21,22)23)6-8-15(16)20/h6-11H,4-5H2,1-3H3,(H,24,26). The monoisotopic (exact) mass is 464 g/mol. The van der Waals surface area contributed by atoms with Gasteiger partial charge in [0.1, 0.15) is 5.75 Å². The maximum atomic E-state index is 13.0. The zero-order valence-corrected chi connectivity index (χ0v) is 18.0. The molecular formula is C19H20ClF3N2O4S. The summed E-state index contributed by atoms with van der Waals surface area (Å²) in [6.07, 6.45) is -4.63. The zero-order valence-electron chi connectivity index (χ0n) is 16.4. The van der Waals surface area contributed by atoms with Crippen LogP contribution in [0.2, 0.25) is 5.02 Å². The van der Waals surface area contributed by atoms with Crippen LogP contribution in [0.15, 0.2) is 41.3 Å². The SMILES string of the molecule is CCN(CC)S(=O)(=O)c1ccc(OC)c(C(=O)Nc2cc(C(F)(F)F)ccc2Cl)c1. The average Bonchev–Trinajstić information content (AvgIpc) is 2.68. The van der Waals surface area contributed by atoms with Gasteiger partial charge < -0.3 is 10.1 Å². The Kier molecular flexibility index (Phi) is 7.38.